The summed E-state index contributed by atoms with van der Waals surface area (Å²) in [5, 5.41) is 8.51. The first-order valence-corrected chi connectivity index (χ1v) is 7.87. The van der Waals surface area contributed by atoms with Crippen LogP contribution in [0.25, 0.3) is 0 Å². The standard InChI is InChI=1S/C15H33NO2/c1-2-3-4-5-6-7-8-9-10-11-12-15-18-16-13-14-17/h16-17H,2-15H2,1H3. The van der Waals surface area contributed by atoms with E-state index in [1.54, 1.807) is 0 Å². The van der Waals surface area contributed by atoms with E-state index in [0.717, 1.165) is 13.0 Å². The van der Waals surface area contributed by atoms with Gasteiger partial charge in [-0.1, -0.05) is 71.1 Å². The highest BCUT2D eigenvalue weighted by Gasteiger charge is 1.93. The summed E-state index contributed by atoms with van der Waals surface area (Å²) in [5.74, 6) is 0. The van der Waals surface area contributed by atoms with Gasteiger partial charge >= 0.3 is 0 Å². The Morgan fingerprint density at radius 3 is 1.78 bits per heavy atom. The molecule has 0 fully saturated rings. The highest BCUT2D eigenvalue weighted by atomic mass is 16.6. The molecular weight excluding hydrogens is 226 g/mol. The zero-order chi connectivity index (χ0) is 13.3. The highest BCUT2D eigenvalue weighted by Crippen LogP contribution is 2.11. The summed E-state index contributed by atoms with van der Waals surface area (Å²) in [6.07, 6.45) is 14.9. The predicted octanol–water partition coefficient (Wildman–Crippen LogP) is 3.81. The fraction of sp³-hybridized carbons (Fsp3) is 1.00. The van der Waals surface area contributed by atoms with Crippen molar-refractivity contribution in [2.24, 2.45) is 0 Å². The zero-order valence-corrected chi connectivity index (χ0v) is 12.3. The lowest BCUT2D eigenvalue weighted by atomic mass is 10.1. The molecule has 3 heteroatoms. The lowest BCUT2D eigenvalue weighted by molar-refractivity contribution is 0.0298. The molecule has 18 heavy (non-hydrogen) atoms. The van der Waals surface area contributed by atoms with Crippen LogP contribution in [0.2, 0.25) is 0 Å². The zero-order valence-electron chi connectivity index (χ0n) is 12.3. The summed E-state index contributed by atoms with van der Waals surface area (Å²) < 4.78 is 0. The van der Waals surface area contributed by atoms with E-state index in [9.17, 15) is 0 Å². The van der Waals surface area contributed by atoms with Crippen molar-refractivity contribution in [3.05, 3.63) is 0 Å². The Kier molecular flexibility index (Phi) is 16.8. The van der Waals surface area contributed by atoms with E-state index in [4.69, 9.17) is 9.94 Å². The van der Waals surface area contributed by atoms with E-state index in [-0.39, 0.29) is 6.61 Å². The maximum Gasteiger partial charge on any atom is 0.0682 e. The summed E-state index contributed by atoms with van der Waals surface area (Å²) in [4.78, 5) is 5.15. The third-order valence-corrected chi connectivity index (χ3v) is 3.17. The van der Waals surface area contributed by atoms with Crippen molar-refractivity contribution >= 4 is 0 Å². The fourth-order valence-corrected chi connectivity index (χ4v) is 2.03. The van der Waals surface area contributed by atoms with Gasteiger partial charge in [-0.2, -0.15) is 0 Å². The van der Waals surface area contributed by atoms with Crippen molar-refractivity contribution in [3.63, 3.8) is 0 Å². The van der Waals surface area contributed by atoms with Crippen LogP contribution in [0.5, 0.6) is 0 Å². The second-order valence-corrected chi connectivity index (χ2v) is 5.00. The molecule has 0 saturated heterocycles. The van der Waals surface area contributed by atoms with Gasteiger partial charge in [0.2, 0.25) is 0 Å². The van der Waals surface area contributed by atoms with Gasteiger partial charge in [-0.15, -0.1) is 0 Å². The molecule has 0 aliphatic heterocycles. The average Bonchev–Trinajstić information content (AvgIpc) is 2.39. The monoisotopic (exact) mass is 259 g/mol. The second kappa shape index (κ2) is 16.9. The second-order valence-electron chi connectivity index (χ2n) is 5.00. The normalized spacial score (nSPS) is 11.0. The lowest BCUT2D eigenvalue weighted by Crippen LogP contribution is -2.19. The molecule has 0 aliphatic rings. The largest absolute Gasteiger partial charge is 0.395 e. The molecule has 110 valence electrons. The molecule has 0 spiro atoms. The van der Waals surface area contributed by atoms with E-state index < -0.39 is 0 Å². The Labute approximate surface area is 113 Å². The molecule has 3 nitrogen and oxygen atoms in total. The average molecular weight is 259 g/mol. The smallest absolute Gasteiger partial charge is 0.0682 e. The fourth-order valence-electron chi connectivity index (χ4n) is 2.03. The highest BCUT2D eigenvalue weighted by molar-refractivity contribution is 4.47. The lowest BCUT2D eigenvalue weighted by Gasteiger charge is -2.04. The SMILES string of the molecule is CCCCCCCCCCCCCONCCO. The molecule has 0 aromatic rings. The van der Waals surface area contributed by atoms with Crippen LogP contribution in [-0.4, -0.2) is 24.9 Å². The number of hydrogen-bond donors (Lipinski definition) is 2. The third kappa shape index (κ3) is 15.9. The molecule has 0 amide bonds. The van der Waals surface area contributed by atoms with Crippen LogP contribution in [0.3, 0.4) is 0 Å². The van der Waals surface area contributed by atoms with Crippen LogP contribution in [0, 0.1) is 0 Å². The molecule has 0 aromatic heterocycles. The Bertz CT molecular complexity index is 126. The Hall–Kier alpha value is -0.120. The van der Waals surface area contributed by atoms with Crippen LogP contribution >= 0.6 is 0 Å². The van der Waals surface area contributed by atoms with E-state index >= 15 is 0 Å². The molecule has 0 aliphatic carbocycles. The summed E-state index contributed by atoms with van der Waals surface area (Å²) in [6, 6.07) is 0. The van der Waals surface area contributed by atoms with Gasteiger partial charge in [-0.25, -0.2) is 5.48 Å². The molecule has 2 N–H and O–H groups in total. The third-order valence-electron chi connectivity index (χ3n) is 3.17. The van der Waals surface area contributed by atoms with Gasteiger partial charge < -0.3 is 9.94 Å². The van der Waals surface area contributed by atoms with Crippen molar-refractivity contribution in [1.29, 1.82) is 0 Å². The number of rotatable bonds is 15. The predicted molar refractivity (Wildman–Crippen MR) is 77.5 cm³/mol. The minimum absolute atomic E-state index is 0.137. The molecule has 0 atom stereocenters. The molecule has 0 unspecified atom stereocenters. The number of unbranched alkanes of at least 4 members (excludes halogenated alkanes) is 10. The summed E-state index contributed by atoms with van der Waals surface area (Å²) >= 11 is 0. The van der Waals surface area contributed by atoms with Crippen molar-refractivity contribution in [1.82, 2.24) is 5.48 Å². The molecular formula is C15H33NO2. The topological polar surface area (TPSA) is 41.5 Å². The molecule has 0 aromatic carbocycles. The molecule has 0 heterocycles. The van der Waals surface area contributed by atoms with Crippen molar-refractivity contribution in [2.75, 3.05) is 19.8 Å². The number of aliphatic hydroxyl groups is 1. The minimum atomic E-state index is 0.137. The van der Waals surface area contributed by atoms with Crippen molar-refractivity contribution < 1.29 is 9.94 Å². The van der Waals surface area contributed by atoms with Gasteiger partial charge in [-0.05, 0) is 6.42 Å². The van der Waals surface area contributed by atoms with E-state index in [1.807, 2.05) is 0 Å². The quantitative estimate of drug-likeness (QED) is 0.347. The number of hydrogen-bond acceptors (Lipinski definition) is 3. The van der Waals surface area contributed by atoms with Crippen molar-refractivity contribution in [2.45, 2.75) is 77.6 Å². The summed E-state index contributed by atoms with van der Waals surface area (Å²) in [7, 11) is 0. The molecule has 0 bridgehead atoms. The maximum atomic E-state index is 8.51. The van der Waals surface area contributed by atoms with Crippen LogP contribution in [0.15, 0.2) is 0 Å². The number of aliphatic hydroxyl groups excluding tert-OH is 1. The van der Waals surface area contributed by atoms with Crippen molar-refractivity contribution in [3.8, 4) is 0 Å². The van der Waals surface area contributed by atoms with E-state index in [0.29, 0.717) is 6.54 Å². The van der Waals surface area contributed by atoms with Gasteiger partial charge in [0.05, 0.1) is 13.2 Å². The number of hydroxylamine groups is 1. The summed E-state index contributed by atoms with van der Waals surface area (Å²) in [5.41, 5.74) is 2.72. The van der Waals surface area contributed by atoms with Crippen LogP contribution in [-0.2, 0) is 4.84 Å². The van der Waals surface area contributed by atoms with Gasteiger partial charge in [0.1, 0.15) is 0 Å². The van der Waals surface area contributed by atoms with Crippen LogP contribution < -0.4 is 5.48 Å². The first-order valence-electron chi connectivity index (χ1n) is 7.87. The van der Waals surface area contributed by atoms with Gasteiger partial charge in [-0.3, -0.25) is 0 Å². The molecule has 0 saturated carbocycles. The van der Waals surface area contributed by atoms with Gasteiger partial charge in [0.25, 0.3) is 0 Å². The molecule has 0 radical (unpaired) electrons. The van der Waals surface area contributed by atoms with Crippen LogP contribution in [0.4, 0.5) is 0 Å². The first kappa shape index (κ1) is 17.9. The summed E-state index contributed by atoms with van der Waals surface area (Å²) in [6.45, 7) is 3.69. The maximum absolute atomic E-state index is 8.51. The molecule has 0 rings (SSSR count). The Morgan fingerprint density at radius 2 is 1.28 bits per heavy atom. The van der Waals surface area contributed by atoms with E-state index in [1.165, 1.54) is 64.2 Å². The van der Waals surface area contributed by atoms with Gasteiger partial charge in [0.15, 0.2) is 0 Å². The Balaban J connectivity index is 2.86. The van der Waals surface area contributed by atoms with E-state index in [2.05, 4.69) is 12.4 Å². The van der Waals surface area contributed by atoms with Crippen LogP contribution in [0.1, 0.15) is 77.6 Å². The first-order chi connectivity index (χ1) is 8.91. The Morgan fingerprint density at radius 1 is 0.778 bits per heavy atom. The minimum Gasteiger partial charge on any atom is -0.395 e. The van der Waals surface area contributed by atoms with Gasteiger partial charge in [0, 0.05) is 6.54 Å². The number of nitrogens with one attached hydrogen (secondary N) is 1.